The van der Waals surface area contributed by atoms with Crippen LogP contribution in [0.15, 0.2) is 24.3 Å². The molecule has 0 bridgehead atoms. The van der Waals surface area contributed by atoms with E-state index in [1.54, 1.807) is 0 Å². The minimum atomic E-state index is -0.249. The molecule has 1 amide bonds. The Labute approximate surface area is 125 Å². The Morgan fingerprint density at radius 1 is 1.33 bits per heavy atom. The lowest BCUT2D eigenvalue weighted by Gasteiger charge is -2.41. The first-order valence-electron chi connectivity index (χ1n) is 7.54. The summed E-state index contributed by atoms with van der Waals surface area (Å²) in [5.41, 5.74) is 1.96. The second kappa shape index (κ2) is 5.75. The summed E-state index contributed by atoms with van der Waals surface area (Å²) in [5, 5.41) is 6.36. The molecule has 1 unspecified atom stereocenters. The van der Waals surface area contributed by atoms with Crippen LogP contribution in [0.25, 0.3) is 0 Å². The third kappa shape index (κ3) is 2.95. The first-order chi connectivity index (χ1) is 10.1. The Hall–Kier alpha value is -1.43. The summed E-state index contributed by atoms with van der Waals surface area (Å²) in [6.07, 6.45) is 0. The van der Waals surface area contributed by atoms with Gasteiger partial charge >= 0.3 is 0 Å². The summed E-state index contributed by atoms with van der Waals surface area (Å²) < 4.78 is 5.41. The standard InChI is InChI=1S/C16H23N3O2/c1-16(2,19-7-9-21-10-8-19)11-17-14-12-5-3-4-6-13(12)18-15(14)20/h3-6,14,17H,7-11H2,1-2H3,(H,18,20). The van der Waals surface area contributed by atoms with E-state index in [4.69, 9.17) is 4.74 Å². The summed E-state index contributed by atoms with van der Waals surface area (Å²) in [4.78, 5) is 14.5. The predicted molar refractivity (Wildman–Crippen MR) is 82.3 cm³/mol. The molecule has 0 saturated carbocycles. The van der Waals surface area contributed by atoms with Gasteiger partial charge in [0.15, 0.2) is 0 Å². The van der Waals surface area contributed by atoms with Crippen LogP contribution in [0.5, 0.6) is 0 Å². The number of carbonyl (C=O) groups is 1. The molecule has 21 heavy (non-hydrogen) atoms. The van der Waals surface area contributed by atoms with Crippen molar-refractivity contribution in [3.8, 4) is 0 Å². The molecule has 5 heteroatoms. The minimum absolute atomic E-state index is 0.00158. The van der Waals surface area contributed by atoms with Gasteiger partial charge < -0.3 is 15.4 Å². The zero-order valence-corrected chi connectivity index (χ0v) is 12.7. The number of ether oxygens (including phenoxy) is 1. The maximum atomic E-state index is 12.1. The van der Waals surface area contributed by atoms with Crippen molar-refractivity contribution < 1.29 is 9.53 Å². The Bertz CT molecular complexity index is 524. The fraction of sp³-hybridized carbons (Fsp3) is 0.562. The van der Waals surface area contributed by atoms with Crippen LogP contribution in [0.3, 0.4) is 0 Å². The summed E-state index contributed by atoms with van der Waals surface area (Å²) in [6, 6.07) is 7.62. The van der Waals surface area contributed by atoms with E-state index in [0.29, 0.717) is 0 Å². The van der Waals surface area contributed by atoms with E-state index in [9.17, 15) is 4.79 Å². The molecule has 5 nitrogen and oxygen atoms in total. The van der Waals surface area contributed by atoms with Crippen molar-refractivity contribution in [3.63, 3.8) is 0 Å². The monoisotopic (exact) mass is 289 g/mol. The summed E-state index contributed by atoms with van der Waals surface area (Å²) >= 11 is 0. The van der Waals surface area contributed by atoms with Gasteiger partial charge in [-0.3, -0.25) is 9.69 Å². The fourth-order valence-electron chi connectivity index (χ4n) is 3.04. The molecule has 1 fully saturated rings. The molecule has 2 aliphatic rings. The average Bonchev–Trinajstić information content (AvgIpc) is 2.81. The number of morpholine rings is 1. The van der Waals surface area contributed by atoms with Gasteiger partial charge in [0.05, 0.1) is 13.2 Å². The second-order valence-electron chi connectivity index (χ2n) is 6.30. The predicted octanol–water partition coefficient (Wildman–Crippen LogP) is 1.38. The molecule has 2 heterocycles. The first-order valence-corrected chi connectivity index (χ1v) is 7.54. The maximum Gasteiger partial charge on any atom is 0.246 e. The van der Waals surface area contributed by atoms with E-state index in [2.05, 4.69) is 29.4 Å². The van der Waals surface area contributed by atoms with Crippen molar-refractivity contribution in [1.82, 2.24) is 10.2 Å². The van der Waals surface area contributed by atoms with Gasteiger partial charge in [0.1, 0.15) is 6.04 Å². The lowest BCUT2D eigenvalue weighted by Crippen LogP contribution is -2.55. The Morgan fingerprint density at radius 2 is 2.05 bits per heavy atom. The van der Waals surface area contributed by atoms with E-state index < -0.39 is 0 Å². The fourth-order valence-corrected chi connectivity index (χ4v) is 3.04. The van der Waals surface area contributed by atoms with Crippen molar-refractivity contribution in [2.24, 2.45) is 0 Å². The molecule has 1 aromatic rings. The molecule has 3 rings (SSSR count). The van der Waals surface area contributed by atoms with Crippen molar-refractivity contribution >= 4 is 11.6 Å². The molecule has 114 valence electrons. The van der Waals surface area contributed by atoms with Crippen molar-refractivity contribution in [1.29, 1.82) is 0 Å². The van der Waals surface area contributed by atoms with E-state index >= 15 is 0 Å². The molecular formula is C16H23N3O2. The van der Waals surface area contributed by atoms with Gasteiger partial charge in [-0.05, 0) is 19.9 Å². The third-order valence-electron chi connectivity index (χ3n) is 4.40. The number of benzene rings is 1. The zero-order valence-electron chi connectivity index (χ0n) is 12.7. The first kappa shape index (κ1) is 14.5. The van der Waals surface area contributed by atoms with Crippen LogP contribution in [0.1, 0.15) is 25.5 Å². The number of fused-ring (bicyclic) bond motifs is 1. The smallest absolute Gasteiger partial charge is 0.246 e. The number of nitrogens with one attached hydrogen (secondary N) is 2. The van der Waals surface area contributed by atoms with E-state index in [1.807, 2.05) is 24.3 Å². The van der Waals surface area contributed by atoms with Gasteiger partial charge in [0.25, 0.3) is 0 Å². The van der Waals surface area contributed by atoms with Crippen molar-refractivity contribution in [2.45, 2.75) is 25.4 Å². The summed E-state index contributed by atoms with van der Waals surface area (Å²) in [7, 11) is 0. The molecule has 1 aromatic carbocycles. The normalized spacial score (nSPS) is 23.0. The zero-order chi connectivity index (χ0) is 14.9. The maximum absolute atomic E-state index is 12.1. The van der Waals surface area contributed by atoms with Crippen LogP contribution in [0, 0.1) is 0 Å². The van der Waals surface area contributed by atoms with Crippen LogP contribution < -0.4 is 10.6 Å². The quantitative estimate of drug-likeness (QED) is 0.879. The number of nitrogens with zero attached hydrogens (tertiary/aromatic N) is 1. The van der Waals surface area contributed by atoms with Crippen LogP contribution in [-0.4, -0.2) is 49.2 Å². The summed E-state index contributed by atoms with van der Waals surface area (Å²) in [5.74, 6) is 0.0361. The highest BCUT2D eigenvalue weighted by Gasteiger charge is 2.33. The van der Waals surface area contributed by atoms with E-state index in [1.165, 1.54) is 0 Å². The number of amides is 1. The Kier molecular flexibility index (Phi) is 3.97. The second-order valence-corrected chi connectivity index (χ2v) is 6.30. The van der Waals surface area contributed by atoms with E-state index in [-0.39, 0.29) is 17.5 Å². The highest BCUT2D eigenvalue weighted by molar-refractivity contribution is 6.02. The third-order valence-corrected chi connectivity index (χ3v) is 4.40. The van der Waals surface area contributed by atoms with Crippen LogP contribution in [-0.2, 0) is 9.53 Å². The number of rotatable bonds is 4. The topological polar surface area (TPSA) is 53.6 Å². The molecule has 0 radical (unpaired) electrons. The minimum Gasteiger partial charge on any atom is -0.379 e. The van der Waals surface area contributed by atoms with Crippen LogP contribution in [0.2, 0.25) is 0 Å². The van der Waals surface area contributed by atoms with E-state index in [0.717, 1.165) is 44.1 Å². The van der Waals surface area contributed by atoms with Gasteiger partial charge in [0, 0.05) is 36.4 Å². The molecule has 0 aliphatic carbocycles. The SMILES string of the molecule is CC(C)(CNC1C(=O)Nc2ccccc21)N1CCOCC1. The van der Waals surface area contributed by atoms with Gasteiger partial charge in [-0.15, -0.1) is 0 Å². The molecule has 2 aliphatic heterocycles. The highest BCUT2D eigenvalue weighted by atomic mass is 16.5. The molecular weight excluding hydrogens is 266 g/mol. The Balaban J connectivity index is 1.65. The van der Waals surface area contributed by atoms with Crippen LogP contribution in [0.4, 0.5) is 5.69 Å². The van der Waals surface area contributed by atoms with Gasteiger partial charge in [0.2, 0.25) is 5.91 Å². The molecule has 0 aromatic heterocycles. The number of anilines is 1. The molecule has 0 spiro atoms. The summed E-state index contributed by atoms with van der Waals surface area (Å²) in [6.45, 7) is 8.66. The van der Waals surface area contributed by atoms with Crippen molar-refractivity contribution in [2.75, 3.05) is 38.2 Å². The van der Waals surface area contributed by atoms with Gasteiger partial charge in [-0.2, -0.15) is 0 Å². The number of hydrogen-bond acceptors (Lipinski definition) is 4. The number of para-hydroxylation sites is 1. The lowest BCUT2D eigenvalue weighted by molar-refractivity contribution is -0.117. The molecule has 2 N–H and O–H groups in total. The molecule has 1 saturated heterocycles. The van der Waals surface area contributed by atoms with Crippen LogP contribution >= 0.6 is 0 Å². The van der Waals surface area contributed by atoms with Gasteiger partial charge in [-0.1, -0.05) is 18.2 Å². The largest absolute Gasteiger partial charge is 0.379 e. The van der Waals surface area contributed by atoms with Gasteiger partial charge in [-0.25, -0.2) is 0 Å². The number of carbonyl (C=O) groups excluding carboxylic acids is 1. The molecule has 1 atom stereocenters. The Morgan fingerprint density at radius 3 is 2.81 bits per heavy atom. The number of hydrogen-bond donors (Lipinski definition) is 2. The van der Waals surface area contributed by atoms with Crippen molar-refractivity contribution in [3.05, 3.63) is 29.8 Å². The lowest BCUT2D eigenvalue weighted by atomic mass is 10.0. The highest BCUT2D eigenvalue weighted by Crippen LogP contribution is 2.30. The average molecular weight is 289 g/mol.